The van der Waals surface area contributed by atoms with E-state index in [0.29, 0.717) is 11.5 Å². The van der Waals surface area contributed by atoms with E-state index in [1.807, 2.05) is 0 Å². The van der Waals surface area contributed by atoms with Gasteiger partial charge in [-0.3, -0.25) is 0 Å². The van der Waals surface area contributed by atoms with Crippen molar-refractivity contribution in [2.75, 3.05) is 26.1 Å². The third-order valence-corrected chi connectivity index (χ3v) is 3.87. The fourth-order valence-electron chi connectivity index (χ4n) is 2.38. The summed E-state index contributed by atoms with van der Waals surface area (Å²) in [7, 11) is 2.85. The molecule has 0 spiro atoms. The van der Waals surface area contributed by atoms with Gasteiger partial charge in [0.05, 0.1) is 20.8 Å². The maximum atomic E-state index is 13.4. The van der Waals surface area contributed by atoms with E-state index in [4.69, 9.17) is 9.47 Å². The summed E-state index contributed by atoms with van der Waals surface area (Å²) in [5.41, 5.74) is -3.31. The molecule has 2 rings (SSSR count). The van der Waals surface area contributed by atoms with Crippen LogP contribution in [0.3, 0.4) is 0 Å². The zero-order valence-corrected chi connectivity index (χ0v) is 14.6. The smallest absolute Gasteiger partial charge is 0.423 e. The molecular formula is C18H19F3N2O4. The molecule has 0 fully saturated rings. The number of rotatable bonds is 6. The third-order valence-electron chi connectivity index (χ3n) is 3.87. The van der Waals surface area contributed by atoms with E-state index in [-0.39, 0.29) is 11.3 Å². The van der Waals surface area contributed by atoms with E-state index in [1.165, 1.54) is 50.6 Å². The molecule has 6 nitrogen and oxygen atoms in total. The lowest BCUT2D eigenvalue weighted by molar-refractivity contribution is -0.263. The molecule has 0 heterocycles. The highest BCUT2D eigenvalue weighted by molar-refractivity contribution is 5.89. The van der Waals surface area contributed by atoms with Gasteiger partial charge in [0.15, 0.2) is 11.5 Å². The molecule has 0 radical (unpaired) electrons. The molecule has 0 aliphatic rings. The van der Waals surface area contributed by atoms with Crippen LogP contribution in [0.15, 0.2) is 48.5 Å². The van der Waals surface area contributed by atoms with Crippen LogP contribution in [0.25, 0.3) is 0 Å². The lowest BCUT2D eigenvalue weighted by Crippen LogP contribution is -2.51. The topological polar surface area (TPSA) is 79.8 Å². The van der Waals surface area contributed by atoms with Gasteiger partial charge in [0.1, 0.15) is 0 Å². The highest BCUT2D eigenvalue weighted by Gasteiger charge is 2.55. The maximum absolute atomic E-state index is 13.4. The molecule has 0 aliphatic heterocycles. The highest BCUT2D eigenvalue weighted by Crippen LogP contribution is 2.38. The van der Waals surface area contributed by atoms with E-state index in [0.717, 1.165) is 12.1 Å². The van der Waals surface area contributed by atoms with Crippen molar-refractivity contribution < 1.29 is 32.5 Å². The second-order valence-corrected chi connectivity index (χ2v) is 5.60. The number of halogens is 3. The zero-order valence-electron chi connectivity index (χ0n) is 14.6. The van der Waals surface area contributed by atoms with Crippen LogP contribution in [0.4, 0.5) is 23.7 Å². The van der Waals surface area contributed by atoms with Gasteiger partial charge in [-0.25, -0.2) is 4.79 Å². The van der Waals surface area contributed by atoms with Crippen LogP contribution in [-0.2, 0) is 5.60 Å². The van der Waals surface area contributed by atoms with E-state index in [1.54, 1.807) is 0 Å². The molecule has 2 aromatic rings. The number of urea groups is 1. The minimum absolute atomic E-state index is 0.278. The molecular weight excluding hydrogens is 365 g/mol. The van der Waals surface area contributed by atoms with E-state index >= 15 is 0 Å². The van der Waals surface area contributed by atoms with Crippen molar-refractivity contribution in [3.63, 3.8) is 0 Å². The number of anilines is 1. The fourth-order valence-corrected chi connectivity index (χ4v) is 2.38. The number of ether oxygens (including phenoxy) is 2. The number of hydrogen-bond acceptors (Lipinski definition) is 4. The Morgan fingerprint density at radius 2 is 1.67 bits per heavy atom. The summed E-state index contributed by atoms with van der Waals surface area (Å²) in [5.74, 6) is 0.769. The first kappa shape index (κ1) is 20.4. The second kappa shape index (κ2) is 8.17. The summed E-state index contributed by atoms with van der Waals surface area (Å²) in [6.07, 6.45) is -4.98. The number of alkyl halides is 3. The molecule has 0 saturated carbocycles. The summed E-state index contributed by atoms with van der Waals surface area (Å²) in [5, 5.41) is 14.6. The molecule has 1 atom stereocenters. The molecule has 0 aromatic heterocycles. The molecule has 27 heavy (non-hydrogen) atoms. The van der Waals surface area contributed by atoms with E-state index in [9.17, 15) is 23.1 Å². The SMILES string of the molecule is COc1ccc(NC(=O)NCC(O)(c2ccccc2)C(F)(F)F)cc1OC. The number of aliphatic hydroxyl groups is 1. The van der Waals surface area contributed by atoms with Crippen molar-refractivity contribution in [3.05, 3.63) is 54.1 Å². The summed E-state index contributed by atoms with van der Waals surface area (Å²) in [4.78, 5) is 12.0. The molecule has 2 aromatic carbocycles. The Kier molecular flexibility index (Phi) is 6.17. The molecule has 0 saturated heterocycles. The van der Waals surface area contributed by atoms with Gasteiger partial charge in [0.25, 0.3) is 0 Å². The number of benzene rings is 2. The van der Waals surface area contributed by atoms with Crippen molar-refractivity contribution >= 4 is 11.7 Å². The molecule has 2 amide bonds. The van der Waals surface area contributed by atoms with Crippen molar-refractivity contribution in [1.82, 2.24) is 5.32 Å². The number of amides is 2. The van der Waals surface area contributed by atoms with Crippen LogP contribution < -0.4 is 20.1 Å². The Balaban J connectivity index is 2.11. The van der Waals surface area contributed by atoms with Gasteiger partial charge in [-0.2, -0.15) is 13.2 Å². The quantitative estimate of drug-likeness (QED) is 0.714. The number of nitrogens with one attached hydrogen (secondary N) is 2. The first-order chi connectivity index (χ1) is 12.7. The van der Waals surface area contributed by atoms with Crippen LogP contribution >= 0.6 is 0 Å². The van der Waals surface area contributed by atoms with Crippen molar-refractivity contribution in [2.45, 2.75) is 11.8 Å². The Morgan fingerprint density at radius 3 is 2.22 bits per heavy atom. The molecule has 3 N–H and O–H groups in total. The van der Waals surface area contributed by atoms with Gasteiger partial charge < -0.3 is 25.2 Å². The Morgan fingerprint density at radius 1 is 1.04 bits per heavy atom. The first-order valence-corrected chi connectivity index (χ1v) is 7.83. The third kappa shape index (κ3) is 4.62. The number of carbonyl (C=O) groups excluding carboxylic acids is 1. The predicted molar refractivity (Wildman–Crippen MR) is 93.0 cm³/mol. The highest BCUT2D eigenvalue weighted by atomic mass is 19.4. The minimum Gasteiger partial charge on any atom is -0.493 e. The molecule has 1 unspecified atom stereocenters. The van der Waals surface area contributed by atoms with Crippen molar-refractivity contribution in [1.29, 1.82) is 0 Å². The van der Waals surface area contributed by atoms with Gasteiger partial charge in [-0.1, -0.05) is 30.3 Å². The zero-order chi connectivity index (χ0) is 20.1. The molecule has 0 aliphatic carbocycles. The minimum atomic E-state index is -4.98. The number of methoxy groups -OCH3 is 2. The summed E-state index contributed by atoms with van der Waals surface area (Å²) >= 11 is 0. The van der Waals surface area contributed by atoms with Crippen molar-refractivity contribution in [2.24, 2.45) is 0 Å². The monoisotopic (exact) mass is 384 g/mol. The predicted octanol–water partition coefficient (Wildman–Crippen LogP) is 3.28. The van der Waals surface area contributed by atoms with Gasteiger partial charge in [0.2, 0.25) is 5.60 Å². The average molecular weight is 384 g/mol. The normalized spacial score (nSPS) is 13.4. The van der Waals surface area contributed by atoms with Crippen LogP contribution in [0.5, 0.6) is 11.5 Å². The molecule has 9 heteroatoms. The summed E-state index contributed by atoms with van der Waals surface area (Å²) in [6, 6.07) is 10.1. The van der Waals surface area contributed by atoms with Gasteiger partial charge in [-0.05, 0) is 17.7 Å². The summed E-state index contributed by atoms with van der Waals surface area (Å²) in [6.45, 7) is -1.06. The Bertz CT molecular complexity index is 784. The van der Waals surface area contributed by atoms with E-state index in [2.05, 4.69) is 10.6 Å². The van der Waals surface area contributed by atoms with Gasteiger partial charge in [0, 0.05) is 11.8 Å². The van der Waals surface area contributed by atoms with Crippen LogP contribution in [0.2, 0.25) is 0 Å². The molecule has 0 bridgehead atoms. The standard InChI is InChI=1S/C18H19F3N2O4/c1-26-14-9-8-13(10-15(14)27-2)23-16(24)22-11-17(25,18(19,20)21)12-6-4-3-5-7-12/h3-10,25H,11H2,1-2H3,(H2,22,23,24). The number of hydrogen-bond donors (Lipinski definition) is 3. The van der Waals surface area contributed by atoms with Crippen LogP contribution in [0.1, 0.15) is 5.56 Å². The first-order valence-electron chi connectivity index (χ1n) is 7.83. The summed E-state index contributed by atoms with van der Waals surface area (Å²) < 4.78 is 50.3. The van der Waals surface area contributed by atoms with Crippen LogP contribution in [-0.4, -0.2) is 38.1 Å². The Labute approximate surface area is 153 Å². The lowest BCUT2D eigenvalue weighted by Gasteiger charge is -2.31. The van der Waals surface area contributed by atoms with Gasteiger partial charge >= 0.3 is 12.2 Å². The second-order valence-electron chi connectivity index (χ2n) is 5.60. The van der Waals surface area contributed by atoms with Crippen LogP contribution in [0, 0.1) is 0 Å². The van der Waals surface area contributed by atoms with E-state index < -0.39 is 24.4 Å². The molecule has 146 valence electrons. The average Bonchev–Trinajstić information content (AvgIpc) is 2.65. The largest absolute Gasteiger partial charge is 0.493 e. The maximum Gasteiger partial charge on any atom is 0.423 e. The lowest BCUT2D eigenvalue weighted by atomic mass is 9.93. The Hall–Kier alpha value is -2.94. The number of carbonyl (C=O) groups is 1. The van der Waals surface area contributed by atoms with Crippen molar-refractivity contribution in [3.8, 4) is 11.5 Å². The fraction of sp³-hybridized carbons (Fsp3) is 0.278. The van der Waals surface area contributed by atoms with Gasteiger partial charge in [-0.15, -0.1) is 0 Å².